The summed E-state index contributed by atoms with van der Waals surface area (Å²) in [6, 6.07) is 7.70. The zero-order valence-electron chi connectivity index (χ0n) is 8.31. The summed E-state index contributed by atoms with van der Waals surface area (Å²) < 4.78 is 5.34. The van der Waals surface area contributed by atoms with Gasteiger partial charge in [-0.1, -0.05) is 12.1 Å². The Hall–Kier alpha value is -1.35. The molecule has 0 atom stereocenters. The molecule has 1 N–H and O–H groups in total. The van der Waals surface area contributed by atoms with Crippen molar-refractivity contribution >= 4 is 6.21 Å². The van der Waals surface area contributed by atoms with Gasteiger partial charge in [0.15, 0.2) is 0 Å². The first-order chi connectivity index (χ1) is 6.86. The van der Waals surface area contributed by atoms with Crippen LogP contribution in [0.2, 0.25) is 0 Å². The van der Waals surface area contributed by atoms with Crippen LogP contribution in [0.3, 0.4) is 0 Å². The van der Waals surface area contributed by atoms with Gasteiger partial charge in [0, 0.05) is 6.21 Å². The Morgan fingerprint density at radius 2 is 2.36 bits per heavy atom. The average molecular weight is 193 g/mol. The second-order valence-corrected chi connectivity index (χ2v) is 2.76. The molecule has 0 aliphatic heterocycles. The highest BCUT2D eigenvalue weighted by Crippen LogP contribution is 2.11. The van der Waals surface area contributed by atoms with Crippen LogP contribution in [-0.4, -0.2) is 31.1 Å². The van der Waals surface area contributed by atoms with Crippen LogP contribution < -0.4 is 4.74 Å². The Labute approximate surface area is 84.1 Å². The molecule has 3 heteroatoms. The van der Waals surface area contributed by atoms with Crippen molar-refractivity contribution in [1.82, 2.24) is 0 Å². The van der Waals surface area contributed by atoms with Gasteiger partial charge in [0.05, 0.1) is 19.8 Å². The molecule has 0 bridgehead atoms. The SMILES string of the molecule is CCOc1cccc(C=NCCO)c1. The van der Waals surface area contributed by atoms with E-state index in [-0.39, 0.29) is 6.61 Å². The van der Waals surface area contributed by atoms with Crippen molar-refractivity contribution in [3.63, 3.8) is 0 Å². The van der Waals surface area contributed by atoms with Crippen molar-refractivity contribution in [3.05, 3.63) is 29.8 Å². The minimum absolute atomic E-state index is 0.0850. The molecule has 76 valence electrons. The lowest BCUT2D eigenvalue weighted by Crippen LogP contribution is -1.93. The molecule has 0 fully saturated rings. The summed E-state index contributed by atoms with van der Waals surface area (Å²) in [7, 11) is 0. The first kappa shape index (κ1) is 10.7. The molecule has 14 heavy (non-hydrogen) atoms. The third kappa shape index (κ3) is 3.58. The number of hydrogen-bond acceptors (Lipinski definition) is 3. The molecule has 0 saturated heterocycles. The monoisotopic (exact) mass is 193 g/mol. The predicted molar refractivity (Wildman–Crippen MR) is 57.2 cm³/mol. The lowest BCUT2D eigenvalue weighted by Gasteiger charge is -2.02. The summed E-state index contributed by atoms with van der Waals surface area (Å²) >= 11 is 0. The minimum Gasteiger partial charge on any atom is -0.494 e. The summed E-state index contributed by atoms with van der Waals surface area (Å²) in [6.07, 6.45) is 1.73. The normalized spacial score (nSPS) is 10.7. The maximum absolute atomic E-state index is 8.54. The Morgan fingerprint density at radius 1 is 1.50 bits per heavy atom. The molecule has 0 aliphatic carbocycles. The third-order valence-electron chi connectivity index (χ3n) is 1.64. The van der Waals surface area contributed by atoms with Crippen LogP contribution in [0.1, 0.15) is 12.5 Å². The van der Waals surface area contributed by atoms with Gasteiger partial charge in [-0.3, -0.25) is 4.99 Å². The summed E-state index contributed by atoms with van der Waals surface area (Å²) in [5.74, 6) is 0.848. The highest BCUT2D eigenvalue weighted by molar-refractivity contribution is 5.80. The molecule has 1 aromatic rings. The van der Waals surface area contributed by atoms with Crippen LogP contribution in [0.4, 0.5) is 0 Å². The standard InChI is InChI=1S/C11H15NO2/c1-2-14-11-5-3-4-10(8-11)9-12-6-7-13/h3-5,8-9,13H,2,6-7H2,1H3. The maximum Gasteiger partial charge on any atom is 0.119 e. The molecule has 1 aromatic carbocycles. The van der Waals surface area contributed by atoms with E-state index in [1.54, 1.807) is 6.21 Å². The molecule has 1 rings (SSSR count). The average Bonchev–Trinajstić information content (AvgIpc) is 2.19. The Kier molecular flexibility index (Phi) is 4.72. The zero-order chi connectivity index (χ0) is 10.2. The number of aliphatic imine (C=N–C) groups is 1. The molecule has 3 nitrogen and oxygen atoms in total. The lowest BCUT2D eigenvalue weighted by atomic mass is 10.2. The van der Waals surface area contributed by atoms with Gasteiger partial charge in [0.2, 0.25) is 0 Å². The van der Waals surface area contributed by atoms with E-state index < -0.39 is 0 Å². The predicted octanol–water partition coefficient (Wildman–Crippen LogP) is 1.50. The van der Waals surface area contributed by atoms with Gasteiger partial charge in [0.25, 0.3) is 0 Å². The fourth-order valence-electron chi connectivity index (χ4n) is 1.08. The third-order valence-corrected chi connectivity index (χ3v) is 1.64. The van der Waals surface area contributed by atoms with Gasteiger partial charge < -0.3 is 9.84 Å². The van der Waals surface area contributed by atoms with E-state index in [2.05, 4.69) is 4.99 Å². The van der Waals surface area contributed by atoms with Crippen LogP contribution in [0.15, 0.2) is 29.3 Å². The number of benzene rings is 1. The molecule has 0 heterocycles. The van der Waals surface area contributed by atoms with Crippen molar-refractivity contribution in [2.75, 3.05) is 19.8 Å². The van der Waals surface area contributed by atoms with Crippen LogP contribution in [0, 0.1) is 0 Å². The summed E-state index contributed by atoms with van der Waals surface area (Å²) in [5, 5.41) is 8.54. The lowest BCUT2D eigenvalue weighted by molar-refractivity contribution is 0.307. The maximum atomic E-state index is 8.54. The number of ether oxygens (including phenoxy) is 1. The molecule has 0 spiro atoms. The number of hydrogen-bond donors (Lipinski definition) is 1. The number of aliphatic hydroxyl groups is 1. The molecule has 0 unspecified atom stereocenters. The first-order valence-electron chi connectivity index (χ1n) is 4.70. The van der Waals surface area contributed by atoms with Gasteiger partial charge in [-0.25, -0.2) is 0 Å². The summed E-state index contributed by atoms with van der Waals surface area (Å²) in [6.45, 7) is 3.14. The Morgan fingerprint density at radius 3 is 3.07 bits per heavy atom. The molecular formula is C11H15NO2. The summed E-state index contributed by atoms with van der Waals surface area (Å²) in [5.41, 5.74) is 0.990. The van der Waals surface area contributed by atoms with Crippen LogP contribution in [0.25, 0.3) is 0 Å². The van der Waals surface area contributed by atoms with Crippen LogP contribution in [-0.2, 0) is 0 Å². The van der Waals surface area contributed by atoms with E-state index in [9.17, 15) is 0 Å². The molecule has 0 saturated carbocycles. The molecule has 0 aromatic heterocycles. The number of aliphatic hydroxyl groups excluding tert-OH is 1. The van der Waals surface area contributed by atoms with Gasteiger partial charge in [-0.15, -0.1) is 0 Å². The quantitative estimate of drug-likeness (QED) is 0.720. The van der Waals surface area contributed by atoms with Crippen LogP contribution in [0.5, 0.6) is 5.75 Å². The van der Waals surface area contributed by atoms with E-state index in [0.29, 0.717) is 13.2 Å². The number of nitrogens with zero attached hydrogens (tertiary/aromatic N) is 1. The van der Waals surface area contributed by atoms with Gasteiger partial charge >= 0.3 is 0 Å². The topological polar surface area (TPSA) is 41.8 Å². The van der Waals surface area contributed by atoms with Crippen LogP contribution >= 0.6 is 0 Å². The van der Waals surface area contributed by atoms with Gasteiger partial charge in [-0.05, 0) is 24.6 Å². The molecule has 0 amide bonds. The highest BCUT2D eigenvalue weighted by atomic mass is 16.5. The second-order valence-electron chi connectivity index (χ2n) is 2.76. The van der Waals surface area contributed by atoms with Crippen molar-refractivity contribution < 1.29 is 9.84 Å². The summed E-state index contributed by atoms with van der Waals surface area (Å²) in [4.78, 5) is 4.03. The van der Waals surface area contributed by atoms with Crippen molar-refractivity contribution in [3.8, 4) is 5.75 Å². The van der Waals surface area contributed by atoms with Crippen molar-refractivity contribution in [2.24, 2.45) is 4.99 Å². The van der Waals surface area contributed by atoms with E-state index in [4.69, 9.17) is 9.84 Å². The smallest absolute Gasteiger partial charge is 0.119 e. The van der Waals surface area contributed by atoms with Crippen molar-refractivity contribution in [2.45, 2.75) is 6.92 Å². The highest BCUT2D eigenvalue weighted by Gasteiger charge is 1.92. The molecule has 0 aliphatic rings. The number of rotatable bonds is 5. The second kappa shape index (κ2) is 6.16. The van der Waals surface area contributed by atoms with E-state index in [0.717, 1.165) is 11.3 Å². The Bertz CT molecular complexity index is 297. The van der Waals surface area contributed by atoms with Gasteiger partial charge in [-0.2, -0.15) is 0 Å². The zero-order valence-corrected chi connectivity index (χ0v) is 8.31. The van der Waals surface area contributed by atoms with Crippen molar-refractivity contribution in [1.29, 1.82) is 0 Å². The van der Waals surface area contributed by atoms with E-state index in [1.165, 1.54) is 0 Å². The largest absolute Gasteiger partial charge is 0.494 e. The molecular weight excluding hydrogens is 178 g/mol. The fourth-order valence-corrected chi connectivity index (χ4v) is 1.08. The fraction of sp³-hybridized carbons (Fsp3) is 0.364. The van der Waals surface area contributed by atoms with E-state index >= 15 is 0 Å². The first-order valence-corrected chi connectivity index (χ1v) is 4.70. The minimum atomic E-state index is 0.0850. The molecule has 0 radical (unpaired) electrons. The van der Waals surface area contributed by atoms with Gasteiger partial charge in [0.1, 0.15) is 5.75 Å². The van der Waals surface area contributed by atoms with E-state index in [1.807, 2.05) is 31.2 Å². The Balaban J connectivity index is 2.63.